The molecule has 1 fully saturated rings. The van der Waals surface area contributed by atoms with E-state index >= 15 is 0 Å². The Morgan fingerprint density at radius 1 is 1.10 bits per heavy atom. The monoisotopic (exact) mass is 411 g/mol. The molecule has 0 aromatic heterocycles. The van der Waals surface area contributed by atoms with Gasteiger partial charge >= 0.3 is 0 Å². The SMILES string of the molecule is COc1ccc(NC(=O)CN2C[C@@H](C(=O)N3CCOCC3)Oc3ccccc32)cc1. The third-order valence-electron chi connectivity index (χ3n) is 5.17. The quantitative estimate of drug-likeness (QED) is 0.808. The maximum Gasteiger partial charge on any atom is 0.265 e. The van der Waals surface area contributed by atoms with Gasteiger partial charge in [-0.2, -0.15) is 0 Å². The Hall–Kier alpha value is -3.26. The summed E-state index contributed by atoms with van der Waals surface area (Å²) in [5.41, 5.74) is 1.48. The van der Waals surface area contributed by atoms with Gasteiger partial charge in [-0.25, -0.2) is 0 Å². The Balaban J connectivity index is 1.46. The van der Waals surface area contributed by atoms with Gasteiger partial charge in [-0.15, -0.1) is 0 Å². The van der Waals surface area contributed by atoms with Gasteiger partial charge in [0.25, 0.3) is 5.91 Å². The lowest BCUT2D eigenvalue weighted by Crippen LogP contribution is -2.53. The molecule has 2 aliphatic rings. The van der Waals surface area contributed by atoms with Crippen molar-refractivity contribution >= 4 is 23.2 Å². The van der Waals surface area contributed by atoms with Gasteiger partial charge in [-0.3, -0.25) is 9.59 Å². The van der Waals surface area contributed by atoms with Crippen molar-refractivity contribution in [3.05, 3.63) is 48.5 Å². The fourth-order valence-electron chi connectivity index (χ4n) is 3.62. The maximum atomic E-state index is 13.0. The standard InChI is InChI=1S/C22H25N3O5/c1-28-17-8-6-16(7-9-17)23-21(26)15-25-14-20(22(27)24-10-12-29-13-11-24)30-19-5-3-2-4-18(19)25/h2-9,20H,10-15H2,1H3,(H,23,26)/t20-/m0/s1. The summed E-state index contributed by atoms with van der Waals surface area (Å²) in [5, 5.41) is 2.89. The van der Waals surface area contributed by atoms with Crippen LogP contribution in [0, 0.1) is 0 Å². The van der Waals surface area contributed by atoms with Crippen LogP contribution in [0.1, 0.15) is 0 Å². The van der Waals surface area contributed by atoms with Crippen molar-refractivity contribution in [3.8, 4) is 11.5 Å². The van der Waals surface area contributed by atoms with Gasteiger partial charge in [0.1, 0.15) is 11.5 Å². The molecule has 0 bridgehead atoms. The van der Waals surface area contributed by atoms with Crippen LogP contribution >= 0.6 is 0 Å². The molecule has 0 spiro atoms. The Kier molecular flexibility index (Phi) is 6.04. The molecule has 0 radical (unpaired) electrons. The normalized spacial score (nSPS) is 18.2. The molecule has 2 heterocycles. The van der Waals surface area contributed by atoms with E-state index in [0.717, 1.165) is 11.4 Å². The first-order valence-corrected chi connectivity index (χ1v) is 9.95. The third kappa shape index (κ3) is 4.49. The topological polar surface area (TPSA) is 80.3 Å². The average molecular weight is 411 g/mol. The minimum atomic E-state index is -0.660. The lowest BCUT2D eigenvalue weighted by atomic mass is 10.1. The molecule has 30 heavy (non-hydrogen) atoms. The molecule has 2 amide bonds. The van der Waals surface area contributed by atoms with Gasteiger partial charge in [0, 0.05) is 18.8 Å². The number of morpholine rings is 1. The van der Waals surface area contributed by atoms with E-state index in [9.17, 15) is 9.59 Å². The van der Waals surface area contributed by atoms with E-state index in [0.29, 0.717) is 44.3 Å². The van der Waals surface area contributed by atoms with E-state index in [1.807, 2.05) is 29.2 Å². The molecule has 1 N–H and O–H groups in total. The molecule has 4 rings (SSSR count). The molecule has 158 valence electrons. The summed E-state index contributed by atoms with van der Waals surface area (Å²) in [6, 6.07) is 14.6. The minimum Gasteiger partial charge on any atom is -0.497 e. The fourth-order valence-corrected chi connectivity index (χ4v) is 3.62. The zero-order valence-electron chi connectivity index (χ0n) is 16.9. The van der Waals surface area contributed by atoms with Crippen molar-refractivity contribution in [1.29, 1.82) is 0 Å². The average Bonchev–Trinajstić information content (AvgIpc) is 2.79. The van der Waals surface area contributed by atoms with Gasteiger partial charge in [0.15, 0.2) is 6.10 Å². The summed E-state index contributed by atoms with van der Waals surface area (Å²) in [4.78, 5) is 29.3. The molecular formula is C22H25N3O5. The number of hydrogen-bond donors (Lipinski definition) is 1. The Morgan fingerprint density at radius 2 is 1.83 bits per heavy atom. The lowest BCUT2D eigenvalue weighted by molar-refractivity contribution is -0.142. The van der Waals surface area contributed by atoms with Crippen molar-refractivity contribution in [2.75, 3.05) is 56.7 Å². The van der Waals surface area contributed by atoms with Crippen LogP contribution in [-0.2, 0) is 14.3 Å². The number of nitrogens with zero attached hydrogens (tertiary/aromatic N) is 2. The van der Waals surface area contributed by atoms with E-state index in [4.69, 9.17) is 14.2 Å². The molecule has 8 heteroatoms. The number of ether oxygens (including phenoxy) is 3. The first-order chi connectivity index (χ1) is 14.6. The van der Waals surface area contributed by atoms with Crippen LogP contribution in [0.3, 0.4) is 0 Å². The Morgan fingerprint density at radius 3 is 2.57 bits per heavy atom. The van der Waals surface area contributed by atoms with Gasteiger partial charge in [0.05, 0.1) is 39.1 Å². The molecule has 0 unspecified atom stereocenters. The first kappa shape index (κ1) is 20.0. The van der Waals surface area contributed by atoms with Crippen LogP contribution < -0.4 is 19.7 Å². The second kappa shape index (κ2) is 9.04. The van der Waals surface area contributed by atoms with Crippen molar-refractivity contribution in [2.24, 2.45) is 0 Å². The minimum absolute atomic E-state index is 0.0756. The molecule has 8 nitrogen and oxygen atoms in total. The van der Waals surface area contributed by atoms with Gasteiger partial charge in [0.2, 0.25) is 5.91 Å². The molecule has 2 aromatic rings. The van der Waals surface area contributed by atoms with Crippen molar-refractivity contribution in [3.63, 3.8) is 0 Å². The summed E-state index contributed by atoms with van der Waals surface area (Å²) in [7, 11) is 1.60. The highest BCUT2D eigenvalue weighted by molar-refractivity contribution is 5.95. The Bertz CT molecular complexity index is 896. The van der Waals surface area contributed by atoms with Crippen LogP contribution in [0.25, 0.3) is 0 Å². The number of benzene rings is 2. The largest absolute Gasteiger partial charge is 0.497 e. The van der Waals surface area contributed by atoms with Crippen LogP contribution in [0.5, 0.6) is 11.5 Å². The number of carbonyl (C=O) groups excluding carboxylic acids is 2. The molecule has 2 aromatic carbocycles. The summed E-state index contributed by atoms with van der Waals surface area (Å²) in [6.45, 7) is 2.59. The van der Waals surface area contributed by atoms with Crippen LogP contribution in [-0.4, -0.2) is 69.3 Å². The molecular weight excluding hydrogens is 386 g/mol. The van der Waals surface area contributed by atoms with E-state index < -0.39 is 6.10 Å². The van der Waals surface area contributed by atoms with Crippen LogP contribution in [0.2, 0.25) is 0 Å². The highest BCUT2D eigenvalue weighted by atomic mass is 16.5. The summed E-state index contributed by atoms with van der Waals surface area (Å²) in [6.07, 6.45) is -0.660. The van der Waals surface area contributed by atoms with E-state index in [-0.39, 0.29) is 18.4 Å². The predicted molar refractivity (Wildman–Crippen MR) is 112 cm³/mol. The summed E-state index contributed by atoms with van der Waals surface area (Å²) in [5.74, 6) is 1.08. The second-order valence-corrected chi connectivity index (χ2v) is 7.17. The molecule has 0 saturated carbocycles. The number of para-hydroxylation sites is 2. The first-order valence-electron chi connectivity index (χ1n) is 9.95. The van der Waals surface area contributed by atoms with E-state index in [1.54, 1.807) is 36.3 Å². The number of methoxy groups -OCH3 is 1. The molecule has 2 aliphatic heterocycles. The number of anilines is 2. The molecule has 1 saturated heterocycles. The van der Waals surface area contributed by atoms with Crippen molar-refractivity contribution in [1.82, 2.24) is 4.90 Å². The van der Waals surface area contributed by atoms with E-state index in [2.05, 4.69) is 5.32 Å². The van der Waals surface area contributed by atoms with Crippen molar-refractivity contribution < 1.29 is 23.8 Å². The van der Waals surface area contributed by atoms with E-state index in [1.165, 1.54) is 0 Å². The highest BCUT2D eigenvalue weighted by Crippen LogP contribution is 2.33. The van der Waals surface area contributed by atoms with Crippen LogP contribution in [0.4, 0.5) is 11.4 Å². The third-order valence-corrected chi connectivity index (χ3v) is 5.17. The number of nitrogens with one attached hydrogen (secondary N) is 1. The number of hydrogen-bond acceptors (Lipinski definition) is 6. The lowest BCUT2D eigenvalue weighted by Gasteiger charge is -2.38. The Labute approximate surface area is 175 Å². The van der Waals surface area contributed by atoms with Crippen LogP contribution in [0.15, 0.2) is 48.5 Å². The summed E-state index contributed by atoms with van der Waals surface area (Å²) >= 11 is 0. The maximum absolute atomic E-state index is 13.0. The highest BCUT2D eigenvalue weighted by Gasteiger charge is 2.34. The number of amides is 2. The van der Waals surface area contributed by atoms with Gasteiger partial charge < -0.3 is 29.3 Å². The molecule has 1 atom stereocenters. The summed E-state index contributed by atoms with van der Waals surface area (Å²) < 4.78 is 16.5. The number of carbonyl (C=O) groups is 2. The number of rotatable bonds is 5. The smallest absolute Gasteiger partial charge is 0.265 e. The number of fused-ring (bicyclic) bond motifs is 1. The van der Waals surface area contributed by atoms with Gasteiger partial charge in [-0.05, 0) is 36.4 Å². The zero-order chi connectivity index (χ0) is 20.9. The second-order valence-electron chi connectivity index (χ2n) is 7.17. The fraction of sp³-hybridized carbons (Fsp3) is 0.364. The predicted octanol–water partition coefficient (Wildman–Crippen LogP) is 1.76. The molecule has 0 aliphatic carbocycles. The zero-order valence-corrected chi connectivity index (χ0v) is 16.9. The van der Waals surface area contributed by atoms with Crippen molar-refractivity contribution in [2.45, 2.75) is 6.10 Å². The van der Waals surface area contributed by atoms with Gasteiger partial charge in [-0.1, -0.05) is 12.1 Å².